The standard InChI is InChI=1S/C15H14O3/c1-10-4-3-5-11(8-10)12-6-7-13(14(16)9-12)15(17)18-2/h3-9,16H,1-2H3. The van der Waals surface area contributed by atoms with Crippen molar-refractivity contribution in [3.63, 3.8) is 0 Å². The summed E-state index contributed by atoms with van der Waals surface area (Å²) in [6, 6.07) is 12.9. The van der Waals surface area contributed by atoms with Crippen molar-refractivity contribution in [2.24, 2.45) is 0 Å². The van der Waals surface area contributed by atoms with Gasteiger partial charge in [-0.3, -0.25) is 0 Å². The van der Waals surface area contributed by atoms with Crippen LogP contribution in [0.15, 0.2) is 42.5 Å². The molecule has 2 rings (SSSR count). The molecule has 1 N–H and O–H groups in total. The van der Waals surface area contributed by atoms with Gasteiger partial charge in [-0.05, 0) is 30.2 Å². The first-order chi connectivity index (χ1) is 8.61. The van der Waals surface area contributed by atoms with Gasteiger partial charge in [0.25, 0.3) is 0 Å². The Morgan fingerprint density at radius 3 is 2.44 bits per heavy atom. The zero-order valence-corrected chi connectivity index (χ0v) is 10.3. The molecule has 0 atom stereocenters. The SMILES string of the molecule is COC(=O)c1ccc(-c2cccc(C)c2)cc1O. The van der Waals surface area contributed by atoms with Crippen molar-refractivity contribution in [1.82, 2.24) is 0 Å². The Balaban J connectivity index is 2.43. The molecule has 2 aromatic rings. The third-order valence-corrected chi connectivity index (χ3v) is 2.75. The van der Waals surface area contributed by atoms with Gasteiger partial charge < -0.3 is 9.84 Å². The second kappa shape index (κ2) is 4.92. The Kier molecular flexibility index (Phi) is 3.33. The zero-order chi connectivity index (χ0) is 13.1. The van der Waals surface area contributed by atoms with Crippen LogP contribution in [0, 0.1) is 6.92 Å². The minimum absolute atomic E-state index is 0.0687. The number of phenolic OH excluding ortho intramolecular Hbond substituents is 1. The molecule has 0 unspecified atom stereocenters. The summed E-state index contributed by atoms with van der Waals surface area (Å²) in [5.41, 5.74) is 3.18. The number of hydrogen-bond donors (Lipinski definition) is 1. The highest BCUT2D eigenvalue weighted by Crippen LogP contribution is 2.27. The lowest BCUT2D eigenvalue weighted by Gasteiger charge is -2.07. The number of methoxy groups -OCH3 is 1. The van der Waals surface area contributed by atoms with Crippen molar-refractivity contribution in [3.05, 3.63) is 53.6 Å². The molecular formula is C15H14O3. The second-order valence-electron chi connectivity index (χ2n) is 4.09. The third-order valence-electron chi connectivity index (χ3n) is 2.75. The monoisotopic (exact) mass is 242 g/mol. The van der Waals surface area contributed by atoms with Crippen LogP contribution in [0.3, 0.4) is 0 Å². The van der Waals surface area contributed by atoms with Crippen LogP contribution in [-0.2, 0) is 4.74 Å². The summed E-state index contributed by atoms with van der Waals surface area (Å²) < 4.78 is 4.58. The van der Waals surface area contributed by atoms with Crippen LogP contribution in [0.1, 0.15) is 15.9 Å². The number of esters is 1. The fourth-order valence-electron chi connectivity index (χ4n) is 1.82. The lowest BCUT2D eigenvalue weighted by Crippen LogP contribution is -2.01. The van der Waals surface area contributed by atoms with E-state index in [-0.39, 0.29) is 11.3 Å². The van der Waals surface area contributed by atoms with E-state index in [4.69, 9.17) is 0 Å². The van der Waals surface area contributed by atoms with E-state index in [1.54, 1.807) is 18.2 Å². The van der Waals surface area contributed by atoms with Gasteiger partial charge in [-0.1, -0.05) is 35.9 Å². The van der Waals surface area contributed by atoms with Gasteiger partial charge in [0.05, 0.1) is 7.11 Å². The van der Waals surface area contributed by atoms with Crippen LogP contribution in [-0.4, -0.2) is 18.2 Å². The first kappa shape index (κ1) is 12.2. The van der Waals surface area contributed by atoms with Gasteiger partial charge in [0.1, 0.15) is 11.3 Å². The molecule has 0 amide bonds. The number of rotatable bonds is 2. The Morgan fingerprint density at radius 1 is 1.11 bits per heavy atom. The molecule has 0 aliphatic heterocycles. The zero-order valence-electron chi connectivity index (χ0n) is 10.3. The van der Waals surface area contributed by atoms with Gasteiger partial charge in [0, 0.05) is 0 Å². The maximum Gasteiger partial charge on any atom is 0.341 e. The van der Waals surface area contributed by atoms with E-state index in [1.165, 1.54) is 7.11 Å². The van der Waals surface area contributed by atoms with Gasteiger partial charge in [-0.15, -0.1) is 0 Å². The van der Waals surface area contributed by atoms with Crippen molar-refractivity contribution >= 4 is 5.97 Å². The molecular weight excluding hydrogens is 228 g/mol. The number of carbonyl (C=O) groups is 1. The van der Waals surface area contributed by atoms with E-state index in [0.717, 1.165) is 16.7 Å². The average Bonchev–Trinajstić information content (AvgIpc) is 2.37. The summed E-state index contributed by atoms with van der Waals surface area (Å²) in [7, 11) is 1.29. The first-order valence-corrected chi connectivity index (χ1v) is 5.60. The predicted octanol–water partition coefficient (Wildman–Crippen LogP) is 3.15. The number of ether oxygens (including phenoxy) is 1. The molecule has 0 saturated carbocycles. The quantitative estimate of drug-likeness (QED) is 0.823. The number of aromatic hydroxyl groups is 1. The Morgan fingerprint density at radius 2 is 1.83 bits per heavy atom. The van der Waals surface area contributed by atoms with Crippen LogP contribution in [0.5, 0.6) is 5.75 Å². The molecule has 0 aliphatic carbocycles. The van der Waals surface area contributed by atoms with E-state index < -0.39 is 5.97 Å². The summed E-state index contributed by atoms with van der Waals surface area (Å²) in [6.07, 6.45) is 0. The van der Waals surface area contributed by atoms with Crippen molar-refractivity contribution in [1.29, 1.82) is 0 Å². The van der Waals surface area contributed by atoms with E-state index in [0.29, 0.717) is 0 Å². The highest BCUT2D eigenvalue weighted by atomic mass is 16.5. The van der Waals surface area contributed by atoms with Gasteiger partial charge >= 0.3 is 5.97 Å². The van der Waals surface area contributed by atoms with Gasteiger partial charge in [-0.2, -0.15) is 0 Å². The Hall–Kier alpha value is -2.29. The molecule has 3 heteroatoms. The van der Waals surface area contributed by atoms with Gasteiger partial charge in [0.2, 0.25) is 0 Å². The second-order valence-corrected chi connectivity index (χ2v) is 4.09. The van der Waals surface area contributed by atoms with E-state index in [2.05, 4.69) is 4.74 Å². The number of aryl methyl sites for hydroxylation is 1. The minimum atomic E-state index is -0.539. The molecule has 0 spiro atoms. The van der Waals surface area contributed by atoms with Crippen molar-refractivity contribution in [2.45, 2.75) is 6.92 Å². The maximum absolute atomic E-state index is 11.4. The summed E-state index contributed by atoms with van der Waals surface area (Å²) in [4.78, 5) is 11.4. The number of hydrogen-bond acceptors (Lipinski definition) is 3. The fourth-order valence-corrected chi connectivity index (χ4v) is 1.82. The van der Waals surface area contributed by atoms with Crippen LogP contribution in [0.4, 0.5) is 0 Å². The largest absolute Gasteiger partial charge is 0.507 e. The van der Waals surface area contributed by atoms with Crippen molar-refractivity contribution in [3.8, 4) is 16.9 Å². The lowest BCUT2D eigenvalue weighted by atomic mass is 10.0. The summed E-state index contributed by atoms with van der Waals surface area (Å²) in [6.45, 7) is 2.01. The van der Waals surface area contributed by atoms with E-state index in [9.17, 15) is 9.90 Å². The van der Waals surface area contributed by atoms with Crippen LogP contribution < -0.4 is 0 Å². The van der Waals surface area contributed by atoms with E-state index >= 15 is 0 Å². The van der Waals surface area contributed by atoms with Gasteiger partial charge in [-0.25, -0.2) is 4.79 Å². The molecule has 0 bridgehead atoms. The molecule has 18 heavy (non-hydrogen) atoms. The Bertz CT molecular complexity index is 588. The highest BCUT2D eigenvalue weighted by Gasteiger charge is 2.12. The van der Waals surface area contributed by atoms with Gasteiger partial charge in [0.15, 0.2) is 0 Å². The van der Waals surface area contributed by atoms with Crippen LogP contribution >= 0.6 is 0 Å². The normalized spacial score (nSPS) is 10.1. The third kappa shape index (κ3) is 2.35. The Labute approximate surface area is 106 Å². The van der Waals surface area contributed by atoms with Crippen molar-refractivity contribution in [2.75, 3.05) is 7.11 Å². The number of benzene rings is 2. The topological polar surface area (TPSA) is 46.5 Å². The molecule has 0 saturated heterocycles. The lowest BCUT2D eigenvalue weighted by molar-refractivity contribution is 0.0597. The summed E-state index contributed by atoms with van der Waals surface area (Å²) in [5, 5.41) is 9.82. The van der Waals surface area contributed by atoms with E-state index in [1.807, 2.05) is 31.2 Å². The average molecular weight is 242 g/mol. The predicted molar refractivity (Wildman–Crippen MR) is 69.6 cm³/mol. The molecule has 0 fully saturated rings. The summed E-state index contributed by atoms with van der Waals surface area (Å²) >= 11 is 0. The smallest absolute Gasteiger partial charge is 0.341 e. The van der Waals surface area contributed by atoms with Crippen LogP contribution in [0.25, 0.3) is 11.1 Å². The van der Waals surface area contributed by atoms with Crippen molar-refractivity contribution < 1.29 is 14.6 Å². The minimum Gasteiger partial charge on any atom is -0.507 e. The maximum atomic E-state index is 11.4. The molecule has 2 aromatic carbocycles. The fraction of sp³-hybridized carbons (Fsp3) is 0.133. The molecule has 3 nitrogen and oxygen atoms in total. The first-order valence-electron chi connectivity index (χ1n) is 5.60. The summed E-state index contributed by atoms with van der Waals surface area (Å²) in [5.74, 6) is -0.607. The molecule has 0 heterocycles. The molecule has 0 aliphatic rings. The highest BCUT2D eigenvalue weighted by molar-refractivity contribution is 5.93. The molecule has 0 radical (unpaired) electrons. The number of carbonyl (C=O) groups excluding carboxylic acids is 1. The molecule has 92 valence electrons. The number of phenols is 1. The van der Waals surface area contributed by atoms with Crippen LogP contribution in [0.2, 0.25) is 0 Å². The molecule has 0 aromatic heterocycles.